The van der Waals surface area contributed by atoms with Gasteiger partial charge in [-0.25, -0.2) is 4.98 Å². The van der Waals surface area contributed by atoms with Crippen LogP contribution in [0.3, 0.4) is 0 Å². The zero-order chi connectivity index (χ0) is 30.8. The molecular formula is C40H28N5OPt-3. The molecule has 0 unspecified atom stereocenters. The second-order valence-corrected chi connectivity index (χ2v) is 11.7. The number of aromatic nitrogens is 3. The van der Waals surface area contributed by atoms with Crippen molar-refractivity contribution in [1.29, 1.82) is 0 Å². The van der Waals surface area contributed by atoms with Crippen LogP contribution in [0.15, 0.2) is 128 Å². The summed E-state index contributed by atoms with van der Waals surface area (Å²) in [5.74, 6) is 2.05. The third kappa shape index (κ3) is 4.88. The van der Waals surface area contributed by atoms with Gasteiger partial charge in [0.25, 0.3) is 0 Å². The van der Waals surface area contributed by atoms with Crippen molar-refractivity contribution in [3.05, 3.63) is 152 Å². The van der Waals surface area contributed by atoms with Crippen molar-refractivity contribution in [1.82, 2.24) is 19.0 Å². The van der Waals surface area contributed by atoms with Crippen molar-refractivity contribution >= 4 is 49.3 Å². The normalized spacial score (nSPS) is 12.9. The summed E-state index contributed by atoms with van der Waals surface area (Å²) in [7, 11) is 1.99. The first-order valence-corrected chi connectivity index (χ1v) is 15.3. The third-order valence-corrected chi connectivity index (χ3v) is 8.61. The van der Waals surface area contributed by atoms with E-state index in [1.165, 1.54) is 10.9 Å². The third-order valence-electron chi connectivity index (χ3n) is 8.61. The molecule has 0 saturated carbocycles. The number of aryl methyl sites for hydroxylation is 1. The van der Waals surface area contributed by atoms with E-state index >= 15 is 0 Å². The van der Waals surface area contributed by atoms with E-state index in [1.807, 2.05) is 66.4 Å². The zero-order valence-electron chi connectivity index (χ0n) is 25.7. The topological polar surface area (TPSA) is 38.5 Å². The van der Waals surface area contributed by atoms with Gasteiger partial charge in [0.15, 0.2) is 0 Å². The van der Waals surface area contributed by atoms with E-state index in [0.29, 0.717) is 11.5 Å². The fourth-order valence-electron chi connectivity index (χ4n) is 6.52. The first kappa shape index (κ1) is 29.1. The van der Waals surface area contributed by atoms with Crippen LogP contribution in [0, 0.1) is 25.7 Å². The van der Waals surface area contributed by atoms with Gasteiger partial charge in [-0.3, -0.25) is 0 Å². The molecule has 3 aromatic heterocycles. The first-order chi connectivity index (χ1) is 22.6. The molecule has 0 bridgehead atoms. The standard InChI is InChI=1S/C40H28N5O.Pt/c1-27-15-18-37-34(21-27)35-25-41-40(24-39(35)44(37)28-9-4-3-5-10-28)45-36-14-7-6-13-32(36)33-17-16-31(23-38(33)45)46-30-12-8-11-29(22-30)43-20-19-42(2)26-43;/h3-21,24-26H,1-2H3;/q-3;. The fraction of sp³-hybridized carbons (Fsp3) is 0.0500. The second-order valence-electron chi connectivity index (χ2n) is 11.7. The van der Waals surface area contributed by atoms with Gasteiger partial charge in [-0.15, -0.1) is 41.4 Å². The molecule has 0 spiro atoms. The summed E-state index contributed by atoms with van der Waals surface area (Å²) in [6.45, 7) is 4.13. The average molecular weight is 790 g/mol. The Kier molecular flexibility index (Phi) is 7.11. The van der Waals surface area contributed by atoms with Crippen LogP contribution < -0.4 is 9.64 Å². The minimum Gasteiger partial charge on any atom is -0.510 e. The molecular weight excluding hydrogens is 762 g/mol. The fourth-order valence-corrected chi connectivity index (χ4v) is 6.52. The summed E-state index contributed by atoms with van der Waals surface area (Å²) in [5.41, 5.74) is 7.44. The van der Waals surface area contributed by atoms with Crippen LogP contribution in [0.4, 0.5) is 5.69 Å². The van der Waals surface area contributed by atoms with Gasteiger partial charge in [0.05, 0.1) is 11.0 Å². The van der Waals surface area contributed by atoms with Crippen LogP contribution in [0.1, 0.15) is 5.56 Å². The van der Waals surface area contributed by atoms with Crippen molar-refractivity contribution in [2.75, 3.05) is 11.9 Å². The summed E-state index contributed by atoms with van der Waals surface area (Å²) in [5, 5.41) is 4.53. The number of hydrogen-bond donors (Lipinski definition) is 0. The molecule has 0 fully saturated rings. The van der Waals surface area contributed by atoms with E-state index in [2.05, 4.69) is 113 Å². The molecule has 0 saturated heterocycles. The maximum atomic E-state index is 6.37. The van der Waals surface area contributed by atoms with Crippen molar-refractivity contribution in [3.63, 3.8) is 0 Å². The van der Waals surface area contributed by atoms with Gasteiger partial charge in [0, 0.05) is 66.8 Å². The summed E-state index contributed by atoms with van der Waals surface area (Å²) in [6.07, 6.45) is 6.00. The number of para-hydroxylation sites is 2. The quantitative estimate of drug-likeness (QED) is 0.163. The van der Waals surface area contributed by atoms with Crippen molar-refractivity contribution in [2.24, 2.45) is 0 Å². The predicted molar refractivity (Wildman–Crippen MR) is 186 cm³/mol. The molecule has 1 aliphatic rings. The maximum Gasteiger partial charge on any atom is 0.137 e. The first-order valence-electron chi connectivity index (χ1n) is 15.3. The van der Waals surface area contributed by atoms with Gasteiger partial charge in [0.1, 0.15) is 5.82 Å². The van der Waals surface area contributed by atoms with Crippen molar-refractivity contribution < 1.29 is 25.8 Å². The smallest absolute Gasteiger partial charge is 0.137 e. The number of anilines is 1. The van der Waals surface area contributed by atoms with Gasteiger partial charge < -0.3 is 23.7 Å². The number of hydrogen-bond acceptors (Lipinski definition) is 4. The van der Waals surface area contributed by atoms with Gasteiger partial charge >= 0.3 is 0 Å². The molecule has 0 amide bonds. The van der Waals surface area contributed by atoms with Crippen LogP contribution >= 0.6 is 0 Å². The molecule has 232 valence electrons. The molecule has 7 heteroatoms. The molecule has 0 atom stereocenters. The van der Waals surface area contributed by atoms with Gasteiger partial charge in [0.2, 0.25) is 0 Å². The van der Waals surface area contributed by atoms with Gasteiger partial charge in [-0.05, 0) is 62.1 Å². The molecule has 4 heterocycles. The summed E-state index contributed by atoms with van der Waals surface area (Å²) >= 11 is 0. The van der Waals surface area contributed by atoms with Crippen LogP contribution in [0.5, 0.6) is 11.5 Å². The maximum absolute atomic E-state index is 6.37. The van der Waals surface area contributed by atoms with E-state index in [1.54, 1.807) is 0 Å². The van der Waals surface area contributed by atoms with E-state index in [0.717, 1.165) is 55.4 Å². The van der Waals surface area contributed by atoms with Crippen LogP contribution in [0.25, 0.3) is 55.1 Å². The summed E-state index contributed by atoms with van der Waals surface area (Å²) in [6, 6.07) is 44.7. The van der Waals surface area contributed by atoms with E-state index in [9.17, 15) is 0 Å². The Labute approximate surface area is 287 Å². The molecule has 1 aliphatic heterocycles. The van der Waals surface area contributed by atoms with Gasteiger partial charge in [-0.1, -0.05) is 53.5 Å². The monoisotopic (exact) mass is 789 g/mol. The zero-order valence-corrected chi connectivity index (χ0v) is 27.9. The molecule has 9 rings (SSSR count). The molecule has 5 aromatic carbocycles. The largest absolute Gasteiger partial charge is 0.510 e. The Balaban J connectivity index is 0.00000324. The molecule has 0 aliphatic carbocycles. The Bertz CT molecular complexity index is 2480. The molecule has 8 aromatic rings. The van der Waals surface area contributed by atoms with Gasteiger partial charge in [-0.2, -0.15) is 18.8 Å². The minimum absolute atomic E-state index is 0. The van der Waals surface area contributed by atoms with Crippen molar-refractivity contribution in [3.8, 4) is 23.0 Å². The number of pyridine rings is 1. The number of rotatable bonds is 5. The number of ether oxygens (including phenoxy) is 1. The Hall–Kier alpha value is -5.32. The second kappa shape index (κ2) is 11.5. The number of fused-ring (bicyclic) bond motifs is 6. The molecule has 6 nitrogen and oxygen atoms in total. The van der Waals surface area contributed by atoms with Crippen LogP contribution in [-0.2, 0) is 21.1 Å². The molecule has 0 N–H and O–H groups in total. The minimum atomic E-state index is 0. The van der Waals surface area contributed by atoms with E-state index < -0.39 is 0 Å². The number of benzene rings is 5. The molecule has 47 heavy (non-hydrogen) atoms. The SMILES string of the molecule is Cc1ccc2c(c1)c1cnc(-n3c4[c-]c(Oc5[c-]c(N6C=CN(C)[CH-]6)ccc5)ccc4c4ccccc43)cc1n2-c1ccccc1.[Pt]. The summed E-state index contributed by atoms with van der Waals surface area (Å²) in [4.78, 5) is 9.08. The van der Waals surface area contributed by atoms with Crippen LogP contribution in [0.2, 0.25) is 0 Å². The Morgan fingerprint density at radius 3 is 2.32 bits per heavy atom. The summed E-state index contributed by atoms with van der Waals surface area (Å²) < 4.78 is 10.9. The Morgan fingerprint density at radius 1 is 0.660 bits per heavy atom. The van der Waals surface area contributed by atoms with E-state index in [4.69, 9.17) is 9.72 Å². The van der Waals surface area contributed by atoms with Crippen LogP contribution in [-0.4, -0.2) is 26.1 Å². The Morgan fingerprint density at radius 2 is 1.47 bits per heavy atom. The predicted octanol–water partition coefficient (Wildman–Crippen LogP) is 9.32. The van der Waals surface area contributed by atoms with Crippen molar-refractivity contribution in [2.45, 2.75) is 6.92 Å². The number of nitrogens with zero attached hydrogens (tertiary/aromatic N) is 5. The average Bonchev–Trinajstić information content (AvgIpc) is 3.76. The molecule has 0 radical (unpaired) electrons. The van der Waals surface area contributed by atoms with E-state index in [-0.39, 0.29) is 21.1 Å².